The zero-order chi connectivity index (χ0) is 18.9. The molecule has 3 aliphatic rings. The number of carbonyl (C=O) groups is 1. The third-order valence-electron chi connectivity index (χ3n) is 6.27. The van der Waals surface area contributed by atoms with Gasteiger partial charge in [-0.1, -0.05) is 6.42 Å². The maximum atomic E-state index is 13.0. The number of amides is 1. The van der Waals surface area contributed by atoms with Crippen molar-refractivity contribution in [2.24, 2.45) is 5.92 Å². The summed E-state index contributed by atoms with van der Waals surface area (Å²) in [5.41, 5.74) is 1.85. The summed E-state index contributed by atoms with van der Waals surface area (Å²) in [5.74, 6) is 2.31. The molecule has 8 heteroatoms. The van der Waals surface area contributed by atoms with Crippen molar-refractivity contribution in [1.29, 1.82) is 0 Å². The molecule has 2 saturated heterocycles. The fourth-order valence-corrected chi connectivity index (χ4v) is 4.77. The fraction of sp³-hybridized carbons (Fsp3) is 0.700. The van der Waals surface area contributed by atoms with Gasteiger partial charge in [0.2, 0.25) is 5.91 Å². The van der Waals surface area contributed by atoms with Gasteiger partial charge < -0.3 is 19.1 Å². The van der Waals surface area contributed by atoms with E-state index in [2.05, 4.69) is 19.4 Å². The lowest BCUT2D eigenvalue weighted by Gasteiger charge is -2.36. The van der Waals surface area contributed by atoms with Crippen molar-refractivity contribution in [3.8, 4) is 0 Å². The Balaban J connectivity index is 1.41. The predicted molar refractivity (Wildman–Crippen MR) is 105 cm³/mol. The van der Waals surface area contributed by atoms with E-state index >= 15 is 0 Å². The Bertz CT molecular complexity index is 860. The molecule has 28 heavy (non-hydrogen) atoms. The largest absolute Gasteiger partial charge is 0.378 e. The van der Waals surface area contributed by atoms with Crippen LogP contribution in [0.5, 0.6) is 0 Å². The average Bonchev–Trinajstić information content (AvgIpc) is 2.95. The SMILES string of the molecule is O=C(C1CCCN(c2ncnc3c2nc2n3CCCCC2)C1)N1CCOCC1. The lowest BCUT2D eigenvalue weighted by molar-refractivity contribution is -0.139. The van der Waals surface area contributed by atoms with Crippen molar-refractivity contribution in [2.45, 2.75) is 45.1 Å². The van der Waals surface area contributed by atoms with Crippen molar-refractivity contribution in [2.75, 3.05) is 44.3 Å². The molecule has 5 rings (SSSR count). The number of morpholine rings is 1. The minimum atomic E-state index is 0.0253. The fourth-order valence-electron chi connectivity index (χ4n) is 4.77. The summed E-state index contributed by atoms with van der Waals surface area (Å²) in [6, 6.07) is 0. The first kappa shape index (κ1) is 17.8. The van der Waals surface area contributed by atoms with E-state index in [1.165, 1.54) is 19.3 Å². The third kappa shape index (κ3) is 3.23. The van der Waals surface area contributed by atoms with Gasteiger partial charge in [-0.15, -0.1) is 0 Å². The van der Waals surface area contributed by atoms with Crippen LogP contribution in [0.15, 0.2) is 6.33 Å². The summed E-state index contributed by atoms with van der Waals surface area (Å²) in [7, 11) is 0. The lowest BCUT2D eigenvalue weighted by Crippen LogP contribution is -2.48. The number of hydrogen-bond donors (Lipinski definition) is 0. The second kappa shape index (κ2) is 7.66. The van der Waals surface area contributed by atoms with Gasteiger partial charge >= 0.3 is 0 Å². The molecule has 1 amide bonds. The van der Waals surface area contributed by atoms with Gasteiger partial charge in [-0.25, -0.2) is 15.0 Å². The van der Waals surface area contributed by atoms with Crippen LogP contribution in [0.3, 0.4) is 0 Å². The quantitative estimate of drug-likeness (QED) is 0.783. The summed E-state index contributed by atoms with van der Waals surface area (Å²) in [6.45, 7) is 5.33. The normalized spacial score (nSPS) is 23.5. The zero-order valence-corrected chi connectivity index (χ0v) is 16.3. The first-order valence-corrected chi connectivity index (χ1v) is 10.6. The molecular weight excluding hydrogens is 356 g/mol. The van der Waals surface area contributed by atoms with E-state index in [1.54, 1.807) is 6.33 Å². The van der Waals surface area contributed by atoms with Crippen LogP contribution in [0, 0.1) is 5.92 Å². The molecule has 0 aliphatic carbocycles. The minimum absolute atomic E-state index is 0.0253. The van der Waals surface area contributed by atoms with Crippen LogP contribution in [0.4, 0.5) is 5.82 Å². The number of nitrogens with zero attached hydrogens (tertiary/aromatic N) is 6. The van der Waals surface area contributed by atoms with Crippen LogP contribution >= 0.6 is 0 Å². The first-order chi connectivity index (χ1) is 13.8. The summed E-state index contributed by atoms with van der Waals surface area (Å²) in [4.78, 5) is 31.3. The second-order valence-corrected chi connectivity index (χ2v) is 8.08. The highest BCUT2D eigenvalue weighted by atomic mass is 16.5. The topological polar surface area (TPSA) is 76.4 Å². The molecule has 150 valence electrons. The van der Waals surface area contributed by atoms with Crippen molar-refractivity contribution in [1.82, 2.24) is 24.4 Å². The Morgan fingerprint density at radius 1 is 1.04 bits per heavy atom. The standard InChI is InChI=1S/C20H28N6O2/c27-20(24-9-11-28-12-10-24)15-5-4-7-25(13-15)18-17-19(22-14-21-18)26-8-3-1-2-6-16(26)23-17/h14-15H,1-13H2. The molecule has 0 N–H and O–H groups in total. The van der Waals surface area contributed by atoms with E-state index in [1.807, 2.05) is 4.90 Å². The number of rotatable bonds is 2. The van der Waals surface area contributed by atoms with Gasteiger partial charge in [0.25, 0.3) is 0 Å². The number of aryl methyl sites for hydroxylation is 2. The molecule has 0 radical (unpaired) electrons. The van der Waals surface area contributed by atoms with Gasteiger partial charge in [-0.3, -0.25) is 4.79 Å². The molecule has 2 fully saturated rings. The van der Waals surface area contributed by atoms with Gasteiger partial charge in [0.05, 0.1) is 19.1 Å². The van der Waals surface area contributed by atoms with Crippen molar-refractivity contribution < 1.29 is 9.53 Å². The van der Waals surface area contributed by atoms with E-state index in [4.69, 9.17) is 9.72 Å². The Kier molecular flexibility index (Phi) is 4.88. The maximum absolute atomic E-state index is 13.0. The zero-order valence-electron chi connectivity index (χ0n) is 16.3. The molecule has 0 spiro atoms. The molecule has 0 bridgehead atoms. The molecule has 1 atom stereocenters. The van der Waals surface area contributed by atoms with E-state index < -0.39 is 0 Å². The number of piperidine rings is 1. The van der Waals surface area contributed by atoms with Crippen LogP contribution in [0.1, 0.15) is 37.9 Å². The van der Waals surface area contributed by atoms with E-state index in [0.29, 0.717) is 32.8 Å². The van der Waals surface area contributed by atoms with Crippen LogP contribution in [0.2, 0.25) is 0 Å². The molecular formula is C20H28N6O2. The average molecular weight is 384 g/mol. The van der Waals surface area contributed by atoms with Crippen LogP contribution in [-0.2, 0) is 22.5 Å². The maximum Gasteiger partial charge on any atom is 0.227 e. The summed E-state index contributed by atoms with van der Waals surface area (Å²) in [5, 5.41) is 0. The van der Waals surface area contributed by atoms with Crippen LogP contribution in [-0.4, -0.2) is 69.7 Å². The molecule has 3 aliphatic heterocycles. The van der Waals surface area contributed by atoms with Crippen LogP contribution in [0.25, 0.3) is 11.2 Å². The summed E-state index contributed by atoms with van der Waals surface area (Å²) in [6.07, 6.45) is 8.23. The third-order valence-corrected chi connectivity index (χ3v) is 6.27. The first-order valence-electron chi connectivity index (χ1n) is 10.6. The highest BCUT2D eigenvalue weighted by Gasteiger charge is 2.32. The molecule has 8 nitrogen and oxygen atoms in total. The Morgan fingerprint density at radius 2 is 1.93 bits per heavy atom. The van der Waals surface area contributed by atoms with Gasteiger partial charge in [-0.2, -0.15) is 0 Å². The molecule has 0 saturated carbocycles. The Labute approximate surface area is 164 Å². The molecule has 0 aromatic carbocycles. The number of aromatic nitrogens is 4. The Hall–Kier alpha value is -2.22. The van der Waals surface area contributed by atoms with E-state index in [9.17, 15) is 4.79 Å². The minimum Gasteiger partial charge on any atom is -0.378 e. The number of hydrogen-bond acceptors (Lipinski definition) is 6. The van der Waals surface area contributed by atoms with E-state index in [0.717, 1.165) is 55.2 Å². The number of anilines is 1. The second-order valence-electron chi connectivity index (χ2n) is 8.08. The number of carbonyl (C=O) groups excluding carboxylic acids is 1. The highest BCUT2D eigenvalue weighted by Crippen LogP contribution is 2.30. The van der Waals surface area contributed by atoms with E-state index in [-0.39, 0.29) is 11.8 Å². The predicted octanol–water partition coefficient (Wildman–Crippen LogP) is 1.63. The lowest BCUT2D eigenvalue weighted by atomic mass is 9.96. The molecule has 2 aromatic rings. The van der Waals surface area contributed by atoms with Gasteiger partial charge in [0.1, 0.15) is 12.2 Å². The monoisotopic (exact) mass is 384 g/mol. The number of ether oxygens (including phenoxy) is 1. The van der Waals surface area contributed by atoms with Crippen LogP contribution < -0.4 is 4.90 Å². The molecule has 2 aromatic heterocycles. The summed E-state index contributed by atoms with van der Waals surface area (Å²) >= 11 is 0. The van der Waals surface area contributed by atoms with Gasteiger partial charge in [-0.05, 0) is 25.7 Å². The van der Waals surface area contributed by atoms with Crippen molar-refractivity contribution in [3.63, 3.8) is 0 Å². The van der Waals surface area contributed by atoms with Crippen molar-refractivity contribution >= 4 is 22.9 Å². The Morgan fingerprint density at radius 3 is 2.82 bits per heavy atom. The number of imidazole rings is 1. The van der Waals surface area contributed by atoms with Gasteiger partial charge in [0, 0.05) is 39.1 Å². The van der Waals surface area contributed by atoms with Gasteiger partial charge in [0.15, 0.2) is 17.0 Å². The van der Waals surface area contributed by atoms with Crippen molar-refractivity contribution in [3.05, 3.63) is 12.2 Å². The molecule has 5 heterocycles. The highest BCUT2D eigenvalue weighted by molar-refractivity contribution is 5.85. The number of fused-ring (bicyclic) bond motifs is 3. The smallest absolute Gasteiger partial charge is 0.227 e. The summed E-state index contributed by atoms with van der Waals surface area (Å²) < 4.78 is 7.66. The molecule has 1 unspecified atom stereocenters.